The van der Waals surface area contributed by atoms with E-state index in [1.807, 2.05) is 6.92 Å². The molecule has 1 amide bonds. The number of pyridine rings is 1. The van der Waals surface area contributed by atoms with Crippen LogP contribution in [0.4, 0.5) is 5.69 Å². The summed E-state index contributed by atoms with van der Waals surface area (Å²) in [6, 6.07) is 12.1. The lowest BCUT2D eigenvalue weighted by molar-refractivity contribution is 0.102. The average molecular weight is 281 g/mol. The van der Waals surface area contributed by atoms with Gasteiger partial charge in [0.1, 0.15) is 17.5 Å². The molecule has 5 nitrogen and oxygen atoms in total. The second kappa shape index (κ2) is 7.06. The first kappa shape index (κ1) is 14.5. The van der Waals surface area contributed by atoms with Gasteiger partial charge in [-0.25, -0.2) is 0 Å². The average Bonchev–Trinajstić information content (AvgIpc) is 2.54. The van der Waals surface area contributed by atoms with Crippen LogP contribution in [0.15, 0.2) is 42.6 Å². The number of aromatic nitrogens is 1. The first-order valence-corrected chi connectivity index (χ1v) is 6.64. The Morgan fingerprint density at radius 1 is 1.38 bits per heavy atom. The minimum Gasteiger partial charge on any atom is -0.492 e. The van der Waals surface area contributed by atoms with Gasteiger partial charge in [0.25, 0.3) is 5.91 Å². The number of ether oxygens (including phenoxy) is 1. The topological polar surface area (TPSA) is 75.0 Å². The zero-order valence-corrected chi connectivity index (χ0v) is 11.7. The minimum absolute atomic E-state index is 0.318. The number of hydrogen-bond donors (Lipinski definition) is 1. The molecule has 1 heterocycles. The molecule has 0 aliphatic rings. The Morgan fingerprint density at radius 2 is 2.24 bits per heavy atom. The van der Waals surface area contributed by atoms with E-state index >= 15 is 0 Å². The van der Waals surface area contributed by atoms with E-state index in [1.165, 1.54) is 0 Å². The number of benzene rings is 1. The van der Waals surface area contributed by atoms with Crippen molar-refractivity contribution in [3.8, 4) is 11.8 Å². The second-order valence-electron chi connectivity index (χ2n) is 4.34. The highest BCUT2D eigenvalue weighted by Crippen LogP contribution is 2.22. The summed E-state index contributed by atoms with van der Waals surface area (Å²) < 4.78 is 5.47. The van der Waals surface area contributed by atoms with E-state index in [0.717, 1.165) is 6.42 Å². The molecule has 0 unspecified atom stereocenters. The van der Waals surface area contributed by atoms with E-state index < -0.39 is 0 Å². The number of amides is 1. The zero-order chi connectivity index (χ0) is 15.1. The number of carbonyl (C=O) groups excluding carboxylic acids is 1. The maximum absolute atomic E-state index is 12.0. The first-order valence-electron chi connectivity index (χ1n) is 6.64. The fourth-order valence-electron chi connectivity index (χ4n) is 1.73. The molecule has 21 heavy (non-hydrogen) atoms. The van der Waals surface area contributed by atoms with Gasteiger partial charge in [0, 0.05) is 11.9 Å². The molecule has 0 radical (unpaired) electrons. The molecule has 1 aromatic carbocycles. The van der Waals surface area contributed by atoms with Crippen LogP contribution in [0, 0.1) is 11.3 Å². The zero-order valence-electron chi connectivity index (χ0n) is 11.7. The Hall–Kier alpha value is -2.87. The molecule has 2 aromatic rings. The SMILES string of the molecule is CCCOc1ccc(NC(=O)c2ccccn2)cc1C#N. The number of hydrogen-bond acceptors (Lipinski definition) is 4. The van der Waals surface area contributed by atoms with Crippen molar-refractivity contribution in [3.63, 3.8) is 0 Å². The van der Waals surface area contributed by atoms with Crippen LogP contribution in [-0.2, 0) is 0 Å². The minimum atomic E-state index is -0.318. The van der Waals surface area contributed by atoms with Crippen LogP contribution in [0.3, 0.4) is 0 Å². The number of nitrogens with one attached hydrogen (secondary N) is 1. The van der Waals surface area contributed by atoms with E-state index in [1.54, 1.807) is 42.6 Å². The van der Waals surface area contributed by atoms with E-state index in [9.17, 15) is 4.79 Å². The summed E-state index contributed by atoms with van der Waals surface area (Å²) >= 11 is 0. The monoisotopic (exact) mass is 281 g/mol. The molecule has 0 aliphatic heterocycles. The summed E-state index contributed by atoms with van der Waals surface area (Å²) in [4.78, 5) is 16.0. The second-order valence-corrected chi connectivity index (χ2v) is 4.34. The maximum atomic E-state index is 12.0. The van der Waals surface area contributed by atoms with Crippen LogP contribution in [0.5, 0.6) is 5.75 Å². The fraction of sp³-hybridized carbons (Fsp3) is 0.188. The Labute approximate surface area is 123 Å². The summed E-state index contributed by atoms with van der Waals surface area (Å²) in [7, 11) is 0. The van der Waals surface area contributed by atoms with Gasteiger partial charge in [0.05, 0.1) is 12.2 Å². The molecule has 1 N–H and O–H groups in total. The van der Waals surface area contributed by atoms with E-state index in [2.05, 4.69) is 16.4 Å². The van der Waals surface area contributed by atoms with Crippen LogP contribution < -0.4 is 10.1 Å². The van der Waals surface area contributed by atoms with Crippen molar-refractivity contribution in [2.24, 2.45) is 0 Å². The number of carbonyl (C=O) groups is 1. The highest BCUT2D eigenvalue weighted by atomic mass is 16.5. The molecule has 0 fully saturated rings. The smallest absolute Gasteiger partial charge is 0.274 e. The molecular formula is C16H15N3O2. The third-order valence-corrected chi connectivity index (χ3v) is 2.72. The number of anilines is 1. The molecule has 0 saturated heterocycles. The lowest BCUT2D eigenvalue weighted by Crippen LogP contribution is -2.13. The van der Waals surface area contributed by atoms with Gasteiger partial charge in [-0.2, -0.15) is 5.26 Å². The highest BCUT2D eigenvalue weighted by molar-refractivity contribution is 6.02. The Kier molecular flexibility index (Phi) is 4.89. The van der Waals surface area contributed by atoms with Crippen molar-refractivity contribution in [1.82, 2.24) is 4.98 Å². The molecule has 0 bridgehead atoms. The van der Waals surface area contributed by atoms with Crippen LogP contribution in [0.2, 0.25) is 0 Å². The van der Waals surface area contributed by atoms with Crippen molar-refractivity contribution in [3.05, 3.63) is 53.9 Å². The van der Waals surface area contributed by atoms with Crippen molar-refractivity contribution < 1.29 is 9.53 Å². The quantitative estimate of drug-likeness (QED) is 0.914. The Balaban J connectivity index is 2.14. The third kappa shape index (κ3) is 3.80. The first-order chi connectivity index (χ1) is 10.2. The molecule has 0 saturated carbocycles. The largest absolute Gasteiger partial charge is 0.492 e. The number of nitrogens with zero attached hydrogens (tertiary/aromatic N) is 2. The molecular weight excluding hydrogens is 266 g/mol. The van der Waals surface area contributed by atoms with Crippen LogP contribution in [0.1, 0.15) is 29.4 Å². The normalized spacial score (nSPS) is 9.71. The fourth-order valence-corrected chi connectivity index (χ4v) is 1.73. The van der Waals surface area contributed by atoms with Crippen molar-refractivity contribution in [1.29, 1.82) is 5.26 Å². The van der Waals surface area contributed by atoms with Crippen molar-refractivity contribution >= 4 is 11.6 Å². The summed E-state index contributed by atoms with van der Waals surface area (Å²) in [5.41, 5.74) is 1.25. The summed E-state index contributed by atoms with van der Waals surface area (Å²) in [6.45, 7) is 2.54. The van der Waals surface area contributed by atoms with Gasteiger partial charge in [-0.1, -0.05) is 13.0 Å². The van der Waals surface area contributed by atoms with Gasteiger partial charge in [-0.3, -0.25) is 9.78 Å². The summed E-state index contributed by atoms with van der Waals surface area (Å²) in [5, 5.41) is 11.8. The van der Waals surface area contributed by atoms with E-state index in [0.29, 0.717) is 29.3 Å². The van der Waals surface area contributed by atoms with Gasteiger partial charge >= 0.3 is 0 Å². The number of rotatable bonds is 5. The third-order valence-electron chi connectivity index (χ3n) is 2.72. The van der Waals surface area contributed by atoms with Gasteiger partial charge in [0.15, 0.2) is 0 Å². The van der Waals surface area contributed by atoms with Crippen LogP contribution >= 0.6 is 0 Å². The van der Waals surface area contributed by atoms with Crippen molar-refractivity contribution in [2.75, 3.05) is 11.9 Å². The van der Waals surface area contributed by atoms with E-state index in [-0.39, 0.29) is 5.91 Å². The Morgan fingerprint density at radius 3 is 2.90 bits per heavy atom. The lowest BCUT2D eigenvalue weighted by atomic mass is 10.2. The van der Waals surface area contributed by atoms with Gasteiger partial charge < -0.3 is 10.1 Å². The predicted molar refractivity (Wildman–Crippen MR) is 79.1 cm³/mol. The highest BCUT2D eigenvalue weighted by Gasteiger charge is 2.09. The van der Waals surface area contributed by atoms with Crippen LogP contribution in [0.25, 0.3) is 0 Å². The molecule has 5 heteroatoms. The molecule has 0 atom stereocenters. The standard InChI is InChI=1S/C16H15N3O2/c1-2-9-21-15-7-6-13(10-12(15)11-17)19-16(20)14-5-3-4-8-18-14/h3-8,10H,2,9H2,1H3,(H,19,20). The van der Waals surface area contributed by atoms with Gasteiger partial charge in [0.2, 0.25) is 0 Å². The van der Waals surface area contributed by atoms with E-state index in [4.69, 9.17) is 10.00 Å². The summed E-state index contributed by atoms with van der Waals surface area (Å²) in [6.07, 6.45) is 2.42. The molecule has 0 aliphatic carbocycles. The van der Waals surface area contributed by atoms with Crippen LogP contribution in [-0.4, -0.2) is 17.5 Å². The predicted octanol–water partition coefficient (Wildman–Crippen LogP) is 2.99. The molecule has 2 rings (SSSR count). The van der Waals surface area contributed by atoms with Gasteiger partial charge in [-0.15, -0.1) is 0 Å². The molecule has 1 aromatic heterocycles. The van der Waals surface area contributed by atoms with Gasteiger partial charge in [-0.05, 0) is 36.8 Å². The maximum Gasteiger partial charge on any atom is 0.274 e. The molecule has 0 spiro atoms. The lowest BCUT2D eigenvalue weighted by Gasteiger charge is -2.09. The number of nitriles is 1. The summed E-state index contributed by atoms with van der Waals surface area (Å²) in [5.74, 6) is 0.205. The molecule has 106 valence electrons. The van der Waals surface area contributed by atoms with Crippen molar-refractivity contribution in [2.45, 2.75) is 13.3 Å². The Bertz CT molecular complexity index is 663.